The Kier molecular flexibility index (Phi) is 3.71. The number of amides is 1. The molecule has 0 fully saturated rings. The summed E-state index contributed by atoms with van der Waals surface area (Å²) >= 11 is 0. The van der Waals surface area contributed by atoms with Crippen LogP contribution in [-0.4, -0.2) is 10.8 Å². The highest BCUT2D eigenvalue weighted by molar-refractivity contribution is 6.01. The largest absolute Gasteiger partial charge is 0.467 e. The first kappa shape index (κ1) is 15.0. The van der Waals surface area contributed by atoms with Crippen molar-refractivity contribution in [1.29, 1.82) is 5.26 Å². The summed E-state index contributed by atoms with van der Waals surface area (Å²) in [4.78, 5) is 14.8. The normalized spacial score (nSPS) is 16.0. The molecule has 1 aliphatic heterocycles. The molecular formula is C20H15N3O2. The topological polar surface area (TPSA) is 69.3 Å². The number of furan rings is 1. The molecule has 3 aromatic rings. The highest BCUT2D eigenvalue weighted by Crippen LogP contribution is 2.34. The fourth-order valence-corrected chi connectivity index (χ4v) is 3.03. The van der Waals surface area contributed by atoms with E-state index in [0.717, 1.165) is 11.3 Å². The average Bonchev–Trinajstić information content (AvgIpc) is 3.17. The zero-order valence-corrected chi connectivity index (χ0v) is 13.3. The van der Waals surface area contributed by atoms with Crippen LogP contribution in [0, 0.1) is 11.3 Å². The number of hydrogen-bond acceptors (Lipinski definition) is 4. The Morgan fingerprint density at radius 3 is 2.60 bits per heavy atom. The first-order valence-corrected chi connectivity index (χ1v) is 7.95. The number of fused-ring (bicyclic) bond motifs is 1. The van der Waals surface area contributed by atoms with Crippen molar-refractivity contribution in [1.82, 2.24) is 4.90 Å². The lowest BCUT2D eigenvalue weighted by Gasteiger charge is -2.37. The second-order valence-electron chi connectivity index (χ2n) is 5.84. The van der Waals surface area contributed by atoms with Crippen LogP contribution in [0.4, 0.5) is 5.69 Å². The average molecular weight is 329 g/mol. The smallest absolute Gasteiger partial charge is 0.258 e. The van der Waals surface area contributed by atoms with Crippen LogP contribution in [0.25, 0.3) is 0 Å². The highest BCUT2D eigenvalue weighted by atomic mass is 16.3. The van der Waals surface area contributed by atoms with Crippen LogP contribution in [0.3, 0.4) is 0 Å². The fourth-order valence-electron chi connectivity index (χ4n) is 3.03. The summed E-state index contributed by atoms with van der Waals surface area (Å²) in [5.74, 6) is 0.660. The van der Waals surface area contributed by atoms with E-state index < -0.39 is 0 Å². The van der Waals surface area contributed by atoms with E-state index in [9.17, 15) is 4.79 Å². The first-order valence-electron chi connectivity index (χ1n) is 7.95. The van der Waals surface area contributed by atoms with Crippen molar-refractivity contribution >= 4 is 11.6 Å². The van der Waals surface area contributed by atoms with E-state index in [4.69, 9.17) is 9.68 Å². The number of para-hydroxylation sites is 1. The lowest BCUT2D eigenvalue weighted by molar-refractivity contribution is 0.0651. The molecule has 25 heavy (non-hydrogen) atoms. The molecule has 0 saturated heterocycles. The Morgan fingerprint density at radius 1 is 1.08 bits per heavy atom. The van der Waals surface area contributed by atoms with Crippen molar-refractivity contribution < 1.29 is 9.21 Å². The van der Waals surface area contributed by atoms with Gasteiger partial charge in [-0.15, -0.1) is 0 Å². The molecule has 5 heteroatoms. The predicted molar refractivity (Wildman–Crippen MR) is 92.5 cm³/mol. The van der Waals surface area contributed by atoms with E-state index in [1.54, 1.807) is 23.3 Å². The number of nitrogens with one attached hydrogen (secondary N) is 1. The van der Waals surface area contributed by atoms with Gasteiger partial charge in [-0.05, 0) is 42.0 Å². The van der Waals surface area contributed by atoms with E-state index >= 15 is 0 Å². The minimum Gasteiger partial charge on any atom is -0.467 e. The number of rotatable bonds is 3. The predicted octanol–water partition coefficient (Wildman–Crippen LogP) is 3.92. The van der Waals surface area contributed by atoms with Gasteiger partial charge in [0.15, 0.2) is 0 Å². The van der Waals surface area contributed by atoms with Gasteiger partial charge in [0.05, 0.1) is 30.0 Å². The second kappa shape index (κ2) is 6.17. The highest BCUT2D eigenvalue weighted by Gasteiger charge is 2.33. The molecule has 0 aliphatic carbocycles. The van der Waals surface area contributed by atoms with Crippen LogP contribution in [0.2, 0.25) is 0 Å². The maximum atomic E-state index is 13.0. The maximum absolute atomic E-state index is 13.0. The summed E-state index contributed by atoms with van der Waals surface area (Å²) in [5.41, 5.74) is 2.94. The van der Waals surface area contributed by atoms with Gasteiger partial charge < -0.3 is 14.6 Å². The molecule has 4 rings (SSSR count). The Labute approximate surface area is 145 Å². The molecule has 1 aliphatic rings. The standard InChI is InChI=1S/C20H15N3O2/c21-12-14-7-9-15(10-8-14)19-22-18-6-2-1-5-17(18)20(24)23(19)13-16-4-3-11-25-16/h1-11,19,22H,13H2/t19-/m1/s1. The molecule has 2 heterocycles. The molecule has 0 bridgehead atoms. The molecular weight excluding hydrogens is 314 g/mol. The van der Waals surface area contributed by atoms with Gasteiger partial charge in [0.2, 0.25) is 0 Å². The minimum atomic E-state index is -0.333. The zero-order chi connectivity index (χ0) is 17.2. The number of benzene rings is 2. The number of carbonyl (C=O) groups is 1. The second-order valence-corrected chi connectivity index (χ2v) is 5.84. The molecule has 1 atom stereocenters. The van der Waals surface area contributed by atoms with E-state index in [1.165, 1.54) is 0 Å². The maximum Gasteiger partial charge on any atom is 0.258 e. The molecule has 1 amide bonds. The molecule has 0 unspecified atom stereocenters. The molecule has 1 aromatic heterocycles. The molecule has 0 spiro atoms. The van der Waals surface area contributed by atoms with Crippen LogP contribution in [0.1, 0.15) is 33.4 Å². The third-order valence-electron chi connectivity index (χ3n) is 4.28. The Hall–Kier alpha value is -3.52. The number of carbonyl (C=O) groups excluding carboxylic acids is 1. The van der Waals surface area contributed by atoms with E-state index in [1.807, 2.05) is 48.5 Å². The van der Waals surface area contributed by atoms with E-state index in [2.05, 4.69) is 11.4 Å². The Morgan fingerprint density at radius 2 is 1.88 bits per heavy atom. The molecule has 1 N–H and O–H groups in total. The summed E-state index contributed by atoms with van der Waals surface area (Å²) in [7, 11) is 0. The third kappa shape index (κ3) is 2.74. The van der Waals surface area contributed by atoms with Crippen molar-refractivity contribution in [3.8, 4) is 6.07 Å². The minimum absolute atomic E-state index is 0.0555. The van der Waals surface area contributed by atoms with Crippen LogP contribution < -0.4 is 5.32 Å². The zero-order valence-electron chi connectivity index (χ0n) is 13.3. The quantitative estimate of drug-likeness (QED) is 0.791. The van der Waals surface area contributed by atoms with Crippen molar-refractivity contribution in [2.45, 2.75) is 12.7 Å². The monoisotopic (exact) mass is 329 g/mol. The van der Waals surface area contributed by atoms with Crippen LogP contribution in [-0.2, 0) is 6.54 Å². The Bertz CT molecular complexity index is 940. The number of nitriles is 1. The van der Waals surface area contributed by atoms with Gasteiger partial charge in [-0.25, -0.2) is 0 Å². The lowest BCUT2D eigenvalue weighted by atomic mass is 10.0. The van der Waals surface area contributed by atoms with Crippen molar-refractivity contribution in [3.05, 3.63) is 89.4 Å². The SMILES string of the molecule is N#Cc1ccc([C@@H]2Nc3ccccc3C(=O)N2Cc2ccco2)cc1. The van der Waals surface area contributed by atoms with Gasteiger partial charge in [-0.3, -0.25) is 4.79 Å². The van der Waals surface area contributed by atoms with Crippen molar-refractivity contribution in [2.24, 2.45) is 0 Å². The molecule has 122 valence electrons. The summed E-state index contributed by atoms with van der Waals surface area (Å²) in [6.45, 7) is 0.359. The van der Waals surface area contributed by atoms with Crippen molar-refractivity contribution in [2.75, 3.05) is 5.32 Å². The number of anilines is 1. The molecule has 2 aromatic carbocycles. The van der Waals surface area contributed by atoms with Crippen LogP contribution in [0.5, 0.6) is 0 Å². The van der Waals surface area contributed by atoms with Gasteiger partial charge in [0.25, 0.3) is 5.91 Å². The summed E-state index contributed by atoms with van der Waals surface area (Å²) < 4.78 is 5.43. The van der Waals surface area contributed by atoms with Crippen LogP contribution in [0.15, 0.2) is 71.3 Å². The summed E-state index contributed by atoms with van der Waals surface area (Å²) in [5, 5.41) is 12.4. The van der Waals surface area contributed by atoms with Crippen LogP contribution >= 0.6 is 0 Å². The molecule has 5 nitrogen and oxygen atoms in total. The number of hydrogen-bond donors (Lipinski definition) is 1. The van der Waals surface area contributed by atoms with E-state index in [0.29, 0.717) is 23.4 Å². The number of nitrogens with zero attached hydrogens (tertiary/aromatic N) is 2. The van der Waals surface area contributed by atoms with Gasteiger partial charge >= 0.3 is 0 Å². The van der Waals surface area contributed by atoms with Gasteiger partial charge in [0.1, 0.15) is 11.9 Å². The first-order chi connectivity index (χ1) is 12.3. The molecule has 0 radical (unpaired) electrons. The Balaban J connectivity index is 1.75. The van der Waals surface area contributed by atoms with Crippen molar-refractivity contribution in [3.63, 3.8) is 0 Å². The van der Waals surface area contributed by atoms with Gasteiger partial charge in [-0.1, -0.05) is 24.3 Å². The van der Waals surface area contributed by atoms with Gasteiger partial charge in [-0.2, -0.15) is 5.26 Å². The fraction of sp³-hybridized carbons (Fsp3) is 0.100. The molecule has 0 saturated carbocycles. The third-order valence-corrected chi connectivity index (χ3v) is 4.28. The van der Waals surface area contributed by atoms with Gasteiger partial charge in [0, 0.05) is 5.69 Å². The lowest BCUT2D eigenvalue weighted by Crippen LogP contribution is -2.42. The summed E-state index contributed by atoms with van der Waals surface area (Å²) in [6, 6.07) is 20.5. The van der Waals surface area contributed by atoms with E-state index in [-0.39, 0.29) is 12.1 Å². The summed E-state index contributed by atoms with van der Waals surface area (Å²) in [6.07, 6.45) is 1.27.